The van der Waals surface area contributed by atoms with Crippen LogP contribution in [-0.2, 0) is 16.4 Å². The number of aryl methyl sites for hydroxylation is 2. The summed E-state index contributed by atoms with van der Waals surface area (Å²) in [5.74, 6) is 0.781. The van der Waals surface area contributed by atoms with Crippen LogP contribution in [0.3, 0.4) is 0 Å². The Hall–Kier alpha value is -1.55. The molecule has 3 rings (SSSR count). The van der Waals surface area contributed by atoms with Crippen molar-refractivity contribution in [2.45, 2.75) is 31.1 Å². The number of fused-ring (bicyclic) bond motifs is 1. The predicted octanol–water partition coefficient (Wildman–Crippen LogP) is 3.84. The van der Waals surface area contributed by atoms with Crippen LogP contribution in [0.4, 0.5) is 5.82 Å². The van der Waals surface area contributed by atoms with Crippen molar-refractivity contribution in [1.29, 1.82) is 0 Å². The third kappa shape index (κ3) is 4.59. The molecule has 3 aromatic rings. The number of sulfonamides is 1. The molecule has 26 heavy (non-hydrogen) atoms. The van der Waals surface area contributed by atoms with Gasteiger partial charge in [0, 0.05) is 28.3 Å². The standard InChI is InChI=1S/C17H19BrN4O2S2/c1-11-8-12(18)10-21-15(11)4-2-3-7-20-17-14-6-5-13(26(19,23)24)9-16(14)25-22-17/h5-6,8-10H,2-4,7H2,1H3,(H,20,22)(H2,19,23,24). The number of rotatable bonds is 7. The molecule has 0 aliphatic carbocycles. The number of nitrogens with one attached hydrogen (secondary N) is 1. The lowest BCUT2D eigenvalue weighted by molar-refractivity contribution is 0.598. The van der Waals surface area contributed by atoms with Gasteiger partial charge in [0.1, 0.15) is 5.82 Å². The fourth-order valence-corrected chi connectivity index (χ4v) is 4.53. The molecule has 6 nitrogen and oxygen atoms in total. The van der Waals surface area contributed by atoms with Crippen molar-refractivity contribution in [3.05, 3.63) is 46.2 Å². The highest BCUT2D eigenvalue weighted by atomic mass is 79.9. The summed E-state index contributed by atoms with van der Waals surface area (Å²) in [7, 11) is -3.69. The van der Waals surface area contributed by atoms with Gasteiger partial charge in [-0.2, -0.15) is 4.37 Å². The molecule has 0 unspecified atom stereocenters. The third-order valence-corrected chi connectivity index (χ3v) is 6.21. The Labute approximate surface area is 165 Å². The molecule has 0 saturated carbocycles. The number of hydrogen-bond acceptors (Lipinski definition) is 6. The minimum Gasteiger partial charge on any atom is -0.369 e. The Morgan fingerprint density at radius 1 is 1.27 bits per heavy atom. The molecule has 0 aliphatic heterocycles. The van der Waals surface area contributed by atoms with E-state index in [-0.39, 0.29) is 4.90 Å². The molecule has 138 valence electrons. The van der Waals surface area contributed by atoms with E-state index in [0.29, 0.717) is 0 Å². The summed E-state index contributed by atoms with van der Waals surface area (Å²) in [4.78, 5) is 4.57. The van der Waals surface area contributed by atoms with Crippen LogP contribution in [0.15, 0.2) is 39.8 Å². The first-order valence-electron chi connectivity index (χ1n) is 8.12. The van der Waals surface area contributed by atoms with Crippen LogP contribution in [0.5, 0.6) is 0 Å². The SMILES string of the molecule is Cc1cc(Br)cnc1CCCCNc1nsc2cc(S(N)(=O)=O)ccc12. The number of benzene rings is 1. The lowest BCUT2D eigenvalue weighted by Gasteiger charge is -2.06. The van der Waals surface area contributed by atoms with E-state index in [2.05, 4.69) is 43.6 Å². The minimum atomic E-state index is -3.69. The number of halogens is 1. The first-order valence-corrected chi connectivity index (χ1v) is 11.2. The van der Waals surface area contributed by atoms with Crippen LogP contribution in [0.2, 0.25) is 0 Å². The third-order valence-electron chi connectivity index (χ3n) is 4.06. The molecule has 0 radical (unpaired) electrons. The summed E-state index contributed by atoms with van der Waals surface area (Å²) in [5.41, 5.74) is 2.33. The van der Waals surface area contributed by atoms with Crippen molar-refractivity contribution in [3.8, 4) is 0 Å². The molecule has 0 amide bonds. The zero-order valence-corrected chi connectivity index (χ0v) is 17.4. The normalized spacial score (nSPS) is 11.8. The first kappa shape index (κ1) is 19.2. The van der Waals surface area contributed by atoms with Gasteiger partial charge in [-0.05, 0) is 83.5 Å². The van der Waals surface area contributed by atoms with Gasteiger partial charge >= 0.3 is 0 Å². The smallest absolute Gasteiger partial charge is 0.238 e. The number of unbranched alkanes of at least 4 members (excludes halogenated alkanes) is 1. The summed E-state index contributed by atoms with van der Waals surface area (Å²) >= 11 is 4.69. The zero-order valence-electron chi connectivity index (χ0n) is 14.2. The second-order valence-corrected chi connectivity index (χ2v) is 9.32. The molecule has 1 aromatic carbocycles. The van der Waals surface area contributed by atoms with Gasteiger partial charge in [-0.15, -0.1) is 0 Å². The highest BCUT2D eigenvalue weighted by Gasteiger charge is 2.12. The Balaban J connectivity index is 1.55. The van der Waals surface area contributed by atoms with E-state index in [0.717, 1.165) is 51.9 Å². The van der Waals surface area contributed by atoms with Crippen LogP contribution >= 0.6 is 27.5 Å². The average molecular weight is 455 g/mol. The number of primary sulfonamides is 1. The van der Waals surface area contributed by atoms with Crippen LogP contribution in [-0.4, -0.2) is 24.3 Å². The van der Waals surface area contributed by atoms with Gasteiger partial charge in [-0.3, -0.25) is 4.98 Å². The van der Waals surface area contributed by atoms with Gasteiger partial charge in [0.05, 0.1) is 9.60 Å². The molecule has 0 spiro atoms. The molecule has 0 atom stereocenters. The minimum absolute atomic E-state index is 0.109. The summed E-state index contributed by atoms with van der Waals surface area (Å²) in [6, 6.07) is 6.91. The molecular weight excluding hydrogens is 436 g/mol. The molecule has 0 fully saturated rings. The summed E-state index contributed by atoms with van der Waals surface area (Å²) in [6.07, 6.45) is 4.79. The topological polar surface area (TPSA) is 98.0 Å². The molecular formula is C17H19BrN4O2S2. The van der Waals surface area contributed by atoms with Crippen LogP contribution in [0.1, 0.15) is 24.1 Å². The van der Waals surface area contributed by atoms with Crippen LogP contribution in [0, 0.1) is 6.92 Å². The van der Waals surface area contributed by atoms with Gasteiger partial charge in [0.2, 0.25) is 10.0 Å². The van der Waals surface area contributed by atoms with Crippen molar-refractivity contribution < 1.29 is 8.42 Å². The number of nitrogens with two attached hydrogens (primary N) is 1. The highest BCUT2D eigenvalue weighted by Crippen LogP contribution is 2.28. The maximum atomic E-state index is 11.4. The van der Waals surface area contributed by atoms with E-state index in [1.807, 2.05) is 6.20 Å². The predicted molar refractivity (Wildman–Crippen MR) is 109 cm³/mol. The second kappa shape index (κ2) is 7.99. The lowest BCUT2D eigenvalue weighted by atomic mass is 10.1. The van der Waals surface area contributed by atoms with Gasteiger partial charge in [-0.25, -0.2) is 13.6 Å². The van der Waals surface area contributed by atoms with E-state index < -0.39 is 10.0 Å². The number of pyridine rings is 1. The second-order valence-electron chi connectivity index (χ2n) is 6.04. The Morgan fingerprint density at radius 3 is 2.81 bits per heavy atom. The molecule has 2 aromatic heterocycles. The van der Waals surface area contributed by atoms with Crippen molar-refractivity contribution in [2.75, 3.05) is 11.9 Å². The van der Waals surface area contributed by atoms with Crippen molar-refractivity contribution >= 4 is 53.4 Å². The number of hydrogen-bond donors (Lipinski definition) is 2. The van der Waals surface area contributed by atoms with Gasteiger partial charge in [-0.1, -0.05) is 0 Å². The molecule has 0 bridgehead atoms. The largest absolute Gasteiger partial charge is 0.369 e. The fraction of sp³-hybridized carbons (Fsp3) is 0.294. The highest BCUT2D eigenvalue weighted by molar-refractivity contribution is 9.10. The molecule has 2 heterocycles. The van der Waals surface area contributed by atoms with Crippen molar-refractivity contribution in [2.24, 2.45) is 5.14 Å². The van der Waals surface area contributed by atoms with Crippen LogP contribution in [0.25, 0.3) is 10.1 Å². The monoisotopic (exact) mass is 454 g/mol. The average Bonchev–Trinajstić information content (AvgIpc) is 2.98. The van der Waals surface area contributed by atoms with E-state index in [9.17, 15) is 8.42 Å². The number of nitrogens with zero attached hydrogens (tertiary/aromatic N) is 2. The summed E-state index contributed by atoms with van der Waals surface area (Å²) in [6.45, 7) is 2.87. The first-order chi connectivity index (χ1) is 12.3. The molecule has 0 saturated heterocycles. The van der Waals surface area contributed by atoms with Crippen molar-refractivity contribution in [1.82, 2.24) is 9.36 Å². The molecule has 0 aliphatic rings. The Bertz CT molecular complexity index is 1030. The van der Waals surface area contributed by atoms with Gasteiger partial charge < -0.3 is 5.32 Å². The fourth-order valence-electron chi connectivity index (χ4n) is 2.68. The maximum absolute atomic E-state index is 11.4. The van der Waals surface area contributed by atoms with Gasteiger partial charge in [0.15, 0.2) is 0 Å². The molecule has 3 N–H and O–H groups in total. The summed E-state index contributed by atoms with van der Waals surface area (Å²) in [5, 5.41) is 9.40. The quantitative estimate of drug-likeness (QED) is 0.528. The van der Waals surface area contributed by atoms with Gasteiger partial charge in [0.25, 0.3) is 0 Å². The van der Waals surface area contributed by atoms with Crippen molar-refractivity contribution in [3.63, 3.8) is 0 Å². The molecule has 9 heteroatoms. The Kier molecular flexibility index (Phi) is 5.91. The van der Waals surface area contributed by atoms with E-state index >= 15 is 0 Å². The van der Waals surface area contributed by atoms with E-state index in [4.69, 9.17) is 5.14 Å². The Morgan fingerprint density at radius 2 is 2.08 bits per heavy atom. The zero-order chi connectivity index (χ0) is 18.7. The van der Waals surface area contributed by atoms with E-state index in [1.165, 1.54) is 23.2 Å². The van der Waals surface area contributed by atoms with E-state index in [1.54, 1.807) is 12.1 Å². The summed E-state index contributed by atoms with van der Waals surface area (Å²) < 4.78 is 29.0. The number of anilines is 1. The maximum Gasteiger partial charge on any atom is 0.238 e. The lowest BCUT2D eigenvalue weighted by Crippen LogP contribution is -2.11. The van der Waals surface area contributed by atoms with Crippen LogP contribution < -0.4 is 10.5 Å². The number of aromatic nitrogens is 2.